The van der Waals surface area contributed by atoms with Crippen LogP contribution in [-0.4, -0.2) is 34.6 Å². The maximum atomic E-state index is 12.0. The van der Waals surface area contributed by atoms with Crippen LogP contribution in [0.3, 0.4) is 0 Å². The zero-order valence-electron chi connectivity index (χ0n) is 11.1. The molecule has 0 aromatic heterocycles. The predicted molar refractivity (Wildman–Crippen MR) is 85.7 cm³/mol. The van der Waals surface area contributed by atoms with E-state index in [1.54, 1.807) is 12.1 Å². The number of carbonyl (C=O) groups excluding carboxylic acids is 2. The topological polar surface area (TPSA) is 84.9 Å². The number of amides is 1. The molecule has 0 aliphatic carbocycles. The zero-order chi connectivity index (χ0) is 15.6. The van der Waals surface area contributed by atoms with Crippen molar-refractivity contribution in [2.24, 2.45) is 0 Å². The summed E-state index contributed by atoms with van der Waals surface area (Å²) in [5.74, 6) is -1.27. The monoisotopic (exact) mass is 423 g/mol. The molecule has 112 valence electrons. The zero-order valence-corrected chi connectivity index (χ0v) is 14.0. The lowest BCUT2D eigenvalue weighted by Gasteiger charge is -2.29. The number of benzene rings is 1. The molecule has 2 N–H and O–H groups in total. The largest absolute Gasteiger partial charge is 0.547 e. The number of ether oxygens (including phenoxy) is 1. The summed E-state index contributed by atoms with van der Waals surface area (Å²) in [6.45, 7) is 1.35. The lowest BCUT2D eigenvalue weighted by Crippen LogP contribution is -2.52. The van der Waals surface area contributed by atoms with Crippen molar-refractivity contribution >= 4 is 53.2 Å². The average molecular weight is 423 g/mol. The van der Waals surface area contributed by atoms with Gasteiger partial charge in [-0.1, -0.05) is 17.7 Å². The minimum atomic E-state index is -1.26. The fourth-order valence-corrected chi connectivity index (χ4v) is 2.64. The number of esters is 1. The first-order chi connectivity index (χ1) is 9.93. The smallest absolute Gasteiger partial charge is 0.534 e. The van der Waals surface area contributed by atoms with Crippen LogP contribution in [0.1, 0.15) is 22.8 Å². The van der Waals surface area contributed by atoms with Crippen LogP contribution in [-0.2, 0) is 16.0 Å². The molecular weight excluding hydrogens is 411 g/mol. The van der Waals surface area contributed by atoms with Gasteiger partial charge in [0.15, 0.2) is 0 Å². The molecule has 0 bridgehead atoms. The van der Waals surface area contributed by atoms with Crippen LogP contribution < -0.4 is 9.97 Å². The highest BCUT2D eigenvalue weighted by atomic mass is 127. The Morgan fingerprint density at radius 1 is 1.62 bits per heavy atom. The van der Waals surface area contributed by atoms with Crippen molar-refractivity contribution in [1.82, 2.24) is 5.32 Å². The Morgan fingerprint density at radius 3 is 2.95 bits per heavy atom. The van der Waals surface area contributed by atoms with E-state index in [2.05, 4.69) is 5.32 Å². The Balaban J connectivity index is 2.37. The summed E-state index contributed by atoms with van der Waals surface area (Å²) in [5, 5.41) is 12.7. The van der Waals surface area contributed by atoms with Gasteiger partial charge in [-0.05, 0) is 40.6 Å². The Morgan fingerprint density at radius 2 is 2.33 bits per heavy atom. The van der Waals surface area contributed by atoms with Gasteiger partial charge >= 0.3 is 13.1 Å². The number of carbonyl (C=O) groups is 2. The van der Waals surface area contributed by atoms with Crippen LogP contribution in [0.2, 0.25) is 5.02 Å². The number of hydrogen-bond acceptors (Lipinski definition) is 5. The van der Waals surface area contributed by atoms with Crippen LogP contribution in [0.4, 0.5) is 0 Å². The van der Waals surface area contributed by atoms with Crippen LogP contribution in [0.25, 0.3) is 0 Å². The second kappa shape index (κ2) is 6.84. The van der Waals surface area contributed by atoms with Gasteiger partial charge in [0, 0.05) is 6.92 Å². The van der Waals surface area contributed by atoms with Crippen molar-refractivity contribution in [2.75, 3.05) is 4.61 Å². The molecule has 6 nitrogen and oxygen atoms in total. The van der Waals surface area contributed by atoms with E-state index in [1.165, 1.54) is 6.92 Å². The molecule has 0 fully saturated rings. The normalized spacial score (nSPS) is 16.8. The Kier molecular flexibility index (Phi) is 5.34. The van der Waals surface area contributed by atoms with Crippen molar-refractivity contribution < 1.29 is 24.0 Å². The van der Waals surface area contributed by atoms with Crippen molar-refractivity contribution in [2.45, 2.75) is 19.3 Å². The van der Waals surface area contributed by atoms with Crippen molar-refractivity contribution in [1.29, 1.82) is 0 Å². The van der Waals surface area contributed by atoms with Crippen molar-refractivity contribution in [3.05, 3.63) is 28.3 Å². The number of hydrogen-bond donors (Lipinski definition) is 2. The molecule has 1 amide bonds. The number of nitrogens with one attached hydrogen (secondary N) is 1. The highest BCUT2D eigenvalue weighted by Crippen LogP contribution is 2.35. The third-order valence-corrected chi connectivity index (χ3v) is 3.62. The standard InChI is InChI=1S/C12H12BClINO5/c1-6(17)16-9-4-7-2-3-8(14)10(12(18)20-5-15)11(7)21-13(9)19/h2-3,9,19H,4-5H2,1H3,(H,16,17)/t9-/m0/s1. The fourth-order valence-electron chi connectivity index (χ4n) is 2.13. The molecule has 9 heteroatoms. The molecule has 1 aliphatic heterocycles. The second-order valence-corrected chi connectivity index (χ2v) is 5.50. The second-order valence-electron chi connectivity index (χ2n) is 4.47. The summed E-state index contributed by atoms with van der Waals surface area (Å²) in [6.07, 6.45) is 0.331. The van der Waals surface area contributed by atoms with Crippen molar-refractivity contribution in [3.8, 4) is 5.75 Å². The molecule has 0 spiro atoms. The summed E-state index contributed by atoms with van der Waals surface area (Å²) >= 11 is 7.92. The van der Waals surface area contributed by atoms with E-state index in [9.17, 15) is 14.6 Å². The van der Waals surface area contributed by atoms with Gasteiger partial charge in [0.05, 0.1) is 11.0 Å². The van der Waals surface area contributed by atoms with E-state index in [0.717, 1.165) is 0 Å². The maximum absolute atomic E-state index is 12.0. The van der Waals surface area contributed by atoms with Gasteiger partial charge < -0.3 is 19.7 Å². The SMILES string of the molecule is CC(=O)N[C@H]1Cc2ccc(Cl)c(C(=O)OCI)c2OB1O. The van der Waals surface area contributed by atoms with E-state index in [0.29, 0.717) is 12.0 Å². The molecule has 1 aliphatic rings. The first-order valence-corrected chi connectivity index (χ1v) is 8.00. The van der Waals surface area contributed by atoms with Gasteiger partial charge in [-0.2, -0.15) is 0 Å². The Bertz CT molecular complexity index is 585. The summed E-state index contributed by atoms with van der Waals surface area (Å²) in [5.41, 5.74) is 0.759. The van der Waals surface area contributed by atoms with Crippen LogP contribution >= 0.6 is 34.2 Å². The molecule has 0 saturated carbocycles. The first-order valence-electron chi connectivity index (χ1n) is 6.10. The van der Waals surface area contributed by atoms with Gasteiger partial charge in [0.25, 0.3) is 0 Å². The van der Waals surface area contributed by atoms with E-state index in [-0.39, 0.29) is 26.9 Å². The molecule has 1 aromatic rings. The van der Waals surface area contributed by atoms with Crippen LogP contribution in [0.5, 0.6) is 5.75 Å². The first kappa shape index (κ1) is 16.4. The number of fused-ring (bicyclic) bond motifs is 1. The summed E-state index contributed by atoms with van der Waals surface area (Å²) in [7, 11) is -1.26. The lowest BCUT2D eigenvalue weighted by atomic mass is 9.72. The summed E-state index contributed by atoms with van der Waals surface area (Å²) < 4.78 is 10.5. The Labute approximate surface area is 140 Å². The van der Waals surface area contributed by atoms with Gasteiger partial charge in [0.2, 0.25) is 5.91 Å². The van der Waals surface area contributed by atoms with Crippen LogP contribution in [0.15, 0.2) is 12.1 Å². The summed E-state index contributed by atoms with van der Waals surface area (Å²) in [6, 6.07) is 3.26. The minimum absolute atomic E-state index is 0.0890. The number of alkyl halides is 1. The highest BCUT2D eigenvalue weighted by Gasteiger charge is 2.38. The van der Waals surface area contributed by atoms with Gasteiger partial charge in [-0.25, -0.2) is 4.79 Å². The molecule has 2 rings (SSSR count). The number of halogens is 2. The quantitative estimate of drug-likeness (QED) is 0.332. The van der Waals surface area contributed by atoms with Gasteiger partial charge in [0.1, 0.15) is 15.9 Å². The maximum Gasteiger partial charge on any atom is 0.547 e. The van der Waals surface area contributed by atoms with E-state index >= 15 is 0 Å². The van der Waals surface area contributed by atoms with E-state index < -0.39 is 19.0 Å². The minimum Gasteiger partial charge on any atom is -0.534 e. The molecule has 1 atom stereocenters. The highest BCUT2D eigenvalue weighted by molar-refractivity contribution is 14.1. The Hall–Kier alpha value is -0.995. The third-order valence-electron chi connectivity index (χ3n) is 2.99. The lowest BCUT2D eigenvalue weighted by molar-refractivity contribution is -0.119. The van der Waals surface area contributed by atoms with Crippen LogP contribution in [0, 0.1) is 0 Å². The molecule has 1 aromatic carbocycles. The molecule has 0 saturated heterocycles. The molecule has 0 unspecified atom stereocenters. The average Bonchev–Trinajstić information content (AvgIpc) is 2.39. The summed E-state index contributed by atoms with van der Waals surface area (Å²) in [4.78, 5) is 23.1. The van der Waals surface area contributed by atoms with Crippen molar-refractivity contribution in [3.63, 3.8) is 0 Å². The molecule has 1 heterocycles. The van der Waals surface area contributed by atoms with Gasteiger partial charge in [-0.3, -0.25) is 4.79 Å². The van der Waals surface area contributed by atoms with E-state index in [1.807, 2.05) is 22.6 Å². The van der Waals surface area contributed by atoms with Gasteiger partial charge in [-0.15, -0.1) is 0 Å². The molecular formula is C12H12BClINO5. The predicted octanol–water partition coefficient (Wildman–Crippen LogP) is 1.35. The fraction of sp³-hybridized carbons (Fsp3) is 0.333. The third kappa shape index (κ3) is 3.61. The van der Waals surface area contributed by atoms with E-state index in [4.69, 9.17) is 21.0 Å². The molecule has 0 radical (unpaired) electrons. The molecule has 21 heavy (non-hydrogen) atoms. The number of rotatable bonds is 3.